The molecule has 11 heteroatoms. The monoisotopic (exact) mass is 841 g/mol. The van der Waals surface area contributed by atoms with E-state index in [1.54, 1.807) is 0 Å². The number of carboxylic acid groups (broad SMARTS) is 2. The zero-order valence-corrected chi connectivity index (χ0v) is 38.1. The zero-order valence-electron chi connectivity index (χ0n) is 37.2. The van der Waals surface area contributed by atoms with Gasteiger partial charge in [-0.3, -0.25) is 14.4 Å². The standard InChI is InChI=1S/C24H40O4.C24H38O4.BHNS/c2*1-14(4-7-21(27)28)17-5-6-18-22-19(9-11-24(17,18)3)23(2)10-8-16(25)12-15(23)13-20(22)26;1-2-3/h14-20,22,25-26H,4-13H2,1-3H3,(H,27,28);14-19,22,25H,4-13H2,1-3H3,(H,27,28);3H/t14-,15+,16-,17-,18+,19+,20-,22+,23+,24-;14-,15+,16-,17-,18+,19+,22+,23+,24-;/m11./s1. The molecule has 9 nitrogen and oxygen atoms in total. The maximum absolute atomic E-state index is 13.3. The second-order valence-electron chi connectivity index (χ2n) is 22.7. The van der Waals surface area contributed by atoms with Crippen molar-refractivity contribution in [3.05, 3.63) is 0 Å². The third-order valence-corrected chi connectivity index (χ3v) is 20.2. The molecular weight excluding hydrogens is 761 g/mol. The fourth-order valence-electron chi connectivity index (χ4n) is 17.2. The molecule has 0 aromatic heterocycles. The van der Waals surface area contributed by atoms with Crippen molar-refractivity contribution in [1.29, 1.82) is 0 Å². The number of hydrogen-bond donors (Lipinski definition) is 6. The molecule has 59 heavy (non-hydrogen) atoms. The minimum atomic E-state index is -0.698. The van der Waals surface area contributed by atoms with Crippen molar-refractivity contribution >= 4 is 38.2 Å². The molecule has 8 saturated carbocycles. The van der Waals surface area contributed by atoms with Crippen molar-refractivity contribution in [3.8, 4) is 0 Å². The molecule has 0 aromatic rings. The average Bonchev–Trinajstić information content (AvgIpc) is 3.71. The number of ketones is 1. The quantitative estimate of drug-likeness (QED) is 0.104. The Hall–Kier alpha value is -1.30. The van der Waals surface area contributed by atoms with Gasteiger partial charge in [-0.25, -0.2) is 0 Å². The first-order valence-electron chi connectivity index (χ1n) is 23.8. The Labute approximate surface area is 362 Å². The molecule has 0 spiro atoms. The summed E-state index contributed by atoms with van der Waals surface area (Å²) in [4.78, 5) is 35.4. The summed E-state index contributed by atoms with van der Waals surface area (Å²) >= 11 is 3.19. The average molecular weight is 841 g/mol. The number of aliphatic carboxylic acids is 2. The van der Waals surface area contributed by atoms with Crippen LogP contribution >= 0.6 is 12.8 Å². The van der Waals surface area contributed by atoms with Crippen LogP contribution in [0.15, 0.2) is 4.30 Å². The van der Waals surface area contributed by atoms with E-state index in [2.05, 4.69) is 66.3 Å². The van der Waals surface area contributed by atoms with Crippen LogP contribution in [0, 0.1) is 92.7 Å². The Kier molecular flexibility index (Phi) is 14.7. The molecule has 8 aliphatic carbocycles. The number of fused-ring (bicyclic) bond motifs is 10. The fourth-order valence-corrected chi connectivity index (χ4v) is 17.2. The third kappa shape index (κ3) is 8.82. The van der Waals surface area contributed by atoms with E-state index in [-0.39, 0.29) is 58.7 Å². The Morgan fingerprint density at radius 3 is 1.59 bits per heavy atom. The number of hydrogen-bond acceptors (Lipinski definition) is 8. The van der Waals surface area contributed by atoms with Crippen LogP contribution in [0.4, 0.5) is 0 Å². The summed E-state index contributed by atoms with van der Waals surface area (Å²) in [7, 11) is 4.34. The van der Waals surface area contributed by atoms with E-state index >= 15 is 0 Å². The van der Waals surface area contributed by atoms with Crippen molar-refractivity contribution in [3.63, 3.8) is 0 Å². The topological polar surface area (TPSA) is 165 Å². The number of nitrogens with zero attached hydrogens (tertiary/aromatic N) is 1. The van der Waals surface area contributed by atoms with Gasteiger partial charge in [-0.15, -0.1) is 0 Å². The number of aliphatic hydroxyl groups excluding tert-OH is 3. The summed E-state index contributed by atoms with van der Waals surface area (Å²) in [5.41, 5.74) is 0.924. The van der Waals surface area contributed by atoms with Gasteiger partial charge in [0, 0.05) is 25.2 Å². The number of thiol groups is 1. The van der Waals surface area contributed by atoms with Gasteiger partial charge < -0.3 is 25.5 Å². The number of carbonyl (C=O) groups is 3. The molecule has 0 aliphatic heterocycles. The Morgan fingerprint density at radius 2 is 1.07 bits per heavy atom. The van der Waals surface area contributed by atoms with Crippen LogP contribution in [0.5, 0.6) is 0 Å². The molecule has 333 valence electrons. The van der Waals surface area contributed by atoms with E-state index < -0.39 is 11.9 Å². The molecule has 0 bridgehead atoms. The van der Waals surface area contributed by atoms with Gasteiger partial charge in [0.15, 0.2) is 0 Å². The summed E-state index contributed by atoms with van der Waals surface area (Å²) in [5.74, 6) is 4.60. The van der Waals surface area contributed by atoms with Gasteiger partial charge >= 0.3 is 36.7 Å². The van der Waals surface area contributed by atoms with E-state index in [0.29, 0.717) is 77.3 Å². The SMILES string of the molecule is C[C@H](CCC(=O)O)[C@H]1CC[C@H]2[C@@H]3C(=O)C[C@@H]4C[C@H](O)CC[C@]4(C)[C@H]3CC[C@]12C.C[C@H](CCC(=O)O)[C@H]1CC[C@H]2[C@@H]3[C@H](O)C[C@@H]4C[C@H](O)CC[C@]4(C)[C@H]3CC[C@]12C.[B]=NS. The fraction of sp³-hybridized carbons (Fsp3) is 0.938. The summed E-state index contributed by atoms with van der Waals surface area (Å²) in [6.07, 6.45) is 18.0. The minimum absolute atomic E-state index is 0.179. The van der Waals surface area contributed by atoms with Gasteiger partial charge in [0.25, 0.3) is 0 Å². The molecule has 0 unspecified atom stereocenters. The number of aliphatic hydroxyl groups is 3. The predicted octanol–water partition coefficient (Wildman–Crippen LogP) is 9.35. The number of carboxylic acids is 2. The molecule has 8 aliphatic rings. The second kappa shape index (κ2) is 18.4. The molecule has 0 amide bonds. The van der Waals surface area contributed by atoms with E-state index in [9.17, 15) is 29.7 Å². The van der Waals surface area contributed by atoms with Gasteiger partial charge in [0.05, 0.1) is 18.3 Å². The van der Waals surface area contributed by atoms with Crippen LogP contribution in [0.25, 0.3) is 0 Å². The van der Waals surface area contributed by atoms with Crippen molar-refractivity contribution in [1.82, 2.24) is 0 Å². The van der Waals surface area contributed by atoms with Crippen molar-refractivity contribution in [2.75, 3.05) is 0 Å². The molecule has 19 atom stereocenters. The van der Waals surface area contributed by atoms with Crippen LogP contribution in [-0.4, -0.2) is 69.2 Å². The number of Topliss-reactive ketones (excluding diaryl/α,β-unsaturated/α-hetero) is 1. The molecular formula is C48H79BNO8S. The second-order valence-corrected chi connectivity index (χ2v) is 22.9. The number of carbonyl (C=O) groups excluding carboxylic acids is 1. The van der Waals surface area contributed by atoms with E-state index in [1.807, 2.05) is 0 Å². The summed E-state index contributed by atoms with van der Waals surface area (Å²) < 4.78 is 2.69. The van der Waals surface area contributed by atoms with Crippen molar-refractivity contribution < 1.29 is 39.9 Å². The van der Waals surface area contributed by atoms with E-state index in [4.69, 9.17) is 10.2 Å². The summed E-state index contributed by atoms with van der Waals surface area (Å²) in [6.45, 7) is 14.2. The van der Waals surface area contributed by atoms with Crippen molar-refractivity contribution in [2.45, 2.75) is 188 Å². The van der Waals surface area contributed by atoms with Gasteiger partial charge in [-0.05, 0) is 196 Å². The molecule has 1 radical (unpaired) electrons. The van der Waals surface area contributed by atoms with Crippen LogP contribution in [0.1, 0.15) is 170 Å². The molecule has 0 saturated heterocycles. The number of rotatable bonds is 8. The van der Waals surface area contributed by atoms with Gasteiger partial charge in [0.1, 0.15) is 5.78 Å². The zero-order chi connectivity index (χ0) is 43.2. The van der Waals surface area contributed by atoms with Crippen LogP contribution in [-0.2, 0) is 14.4 Å². The first kappa shape index (κ1) is 47.2. The molecule has 8 fully saturated rings. The predicted molar refractivity (Wildman–Crippen MR) is 233 cm³/mol. The van der Waals surface area contributed by atoms with Crippen molar-refractivity contribution in [2.24, 2.45) is 97.0 Å². The van der Waals surface area contributed by atoms with Crippen LogP contribution < -0.4 is 0 Å². The first-order valence-corrected chi connectivity index (χ1v) is 24.2. The third-order valence-electron chi connectivity index (χ3n) is 20.2. The Bertz CT molecular complexity index is 1530. The van der Waals surface area contributed by atoms with Crippen LogP contribution in [0.3, 0.4) is 0 Å². The van der Waals surface area contributed by atoms with Gasteiger partial charge in [-0.1, -0.05) is 41.5 Å². The van der Waals surface area contributed by atoms with Crippen LogP contribution in [0.2, 0.25) is 0 Å². The molecule has 0 aromatic carbocycles. The molecule has 8 rings (SSSR count). The van der Waals surface area contributed by atoms with E-state index in [1.165, 1.54) is 32.1 Å². The van der Waals surface area contributed by atoms with Gasteiger partial charge in [0.2, 0.25) is 0 Å². The van der Waals surface area contributed by atoms with Gasteiger partial charge in [-0.2, -0.15) is 0 Å². The Balaban J connectivity index is 0.000000186. The normalized spacial score (nSPS) is 48.0. The first-order chi connectivity index (χ1) is 27.7. The summed E-state index contributed by atoms with van der Waals surface area (Å²) in [6, 6.07) is 0. The summed E-state index contributed by atoms with van der Waals surface area (Å²) in [5, 5.41) is 49.8. The van der Waals surface area contributed by atoms with E-state index in [0.717, 1.165) is 77.0 Å². The Morgan fingerprint density at radius 1 is 0.661 bits per heavy atom. The maximum atomic E-state index is 13.3. The molecule has 0 heterocycles. The molecule has 5 N–H and O–H groups in total.